The number of rotatable bonds is 7. The Labute approximate surface area is 208 Å². The van der Waals surface area contributed by atoms with Crippen LogP contribution in [0.15, 0.2) is 12.1 Å². The lowest BCUT2D eigenvalue weighted by Gasteiger charge is -2.42. The zero-order valence-corrected chi connectivity index (χ0v) is 22.1. The van der Waals surface area contributed by atoms with Crippen LogP contribution >= 0.6 is 0 Å². The van der Waals surface area contributed by atoms with E-state index in [1.54, 1.807) is 12.0 Å². The predicted octanol–water partition coefficient (Wildman–Crippen LogP) is 3.60. The molecule has 1 saturated heterocycles. The molecule has 4 atom stereocenters. The van der Waals surface area contributed by atoms with Gasteiger partial charge in [-0.3, -0.25) is 19.9 Å². The van der Waals surface area contributed by atoms with Crippen molar-refractivity contribution in [2.24, 2.45) is 11.8 Å². The summed E-state index contributed by atoms with van der Waals surface area (Å²) < 4.78 is 11.5. The molecule has 8 nitrogen and oxygen atoms in total. The van der Waals surface area contributed by atoms with Crippen LogP contribution in [0.1, 0.15) is 76.1 Å². The zero-order valence-electron chi connectivity index (χ0n) is 22.1. The van der Waals surface area contributed by atoms with Gasteiger partial charge in [-0.2, -0.15) is 0 Å². The maximum atomic E-state index is 13.4. The highest BCUT2D eigenvalue weighted by Gasteiger charge is 2.53. The van der Waals surface area contributed by atoms with E-state index >= 15 is 0 Å². The second-order valence-corrected chi connectivity index (χ2v) is 11.8. The van der Waals surface area contributed by atoms with Gasteiger partial charge in [-0.15, -0.1) is 0 Å². The Hall–Kier alpha value is -2.61. The molecule has 1 aliphatic carbocycles. The van der Waals surface area contributed by atoms with E-state index in [1.165, 1.54) is 11.1 Å². The Morgan fingerprint density at radius 2 is 1.97 bits per heavy atom. The summed E-state index contributed by atoms with van der Waals surface area (Å²) in [6.07, 6.45) is 2.29. The van der Waals surface area contributed by atoms with Crippen LogP contribution in [0.2, 0.25) is 0 Å². The number of hydrogen-bond acceptors (Lipinski definition) is 5. The number of fused-ring (bicyclic) bond motifs is 1. The van der Waals surface area contributed by atoms with Crippen molar-refractivity contribution >= 4 is 17.8 Å². The number of aryl methyl sites for hydroxylation is 2. The third-order valence-corrected chi connectivity index (χ3v) is 7.58. The molecule has 0 radical (unpaired) electrons. The quantitative estimate of drug-likeness (QED) is 0.549. The molecule has 4 rings (SSSR count). The number of nitrogens with zero attached hydrogens (tertiary/aromatic N) is 1. The van der Waals surface area contributed by atoms with Crippen LogP contribution < -0.4 is 15.4 Å². The van der Waals surface area contributed by atoms with Gasteiger partial charge < -0.3 is 20.1 Å². The van der Waals surface area contributed by atoms with Gasteiger partial charge in [-0.25, -0.2) is 0 Å². The van der Waals surface area contributed by atoms with Gasteiger partial charge in [0.15, 0.2) is 5.96 Å². The highest BCUT2D eigenvalue weighted by molar-refractivity contribution is 5.99. The largest absolute Gasteiger partial charge is 0.487 e. The summed E-state index contributed by atoms with van der Waals surface area (Å²) in [4.78, 5) is 28.0. The molecule has 35 heavy (non-hydrogen) atoms. The van der Waals surface area contributed by atoms with Crippen molar-refractivity contribution in [3.05, 3.63) is 28.8 Å². The van der Waals surface area contributed by atoms with Gasteiger partial charge in [-0.05, 0) is 77.5 Å². The van der Waals surface area contributed by atoms with Crippen LogP contribution in [-0.4, -0.2) is 53.6 Å². The van der Waals surface area contributed by atoms with Gasteiger partial charge in [-0.1, -0.05) is 6.07 Å². The van der Waals surface area contributed by atoms with Crippen LogP contribution in [0.4, 0.5) is 0 Å². The molecule has 1 aromatic rings. The van der Waals surface area contributed by atoms with Crippen LogP contribution in [0.3, 0.4) is 0 Å². The van der Waals surface area contributed by atoms with E-state index < -0.39 is 5.54 Å². The van der Waals surface area contributed by atoms with E-state index in [2.05, 4.69) is 36.6 Å². The number of carbonyl (C=O) groups is 2. The van der Waals surface area contributed by atoms with Crippen molar-refractivity contribution in [2.75, 3.05) is 13.7 Å². The number of nitrogens with one attached hydrogen (secondary N) is 3. The summed E-state index contributed by atoms with van der Waals surface area (Å²) in [5.74, 6) is 0.702. The second-order valence-electron chi connectivity index (χ2n) is 11.8. The molecule has 2 heterocycles. The molecule has 192 valence electrons. The van der Waals surface area contributed by atoms with Gasteiger partial charge in [0.05, 0.1) is 6.04 Å². The monoisotopic (exact) mass is 484 g/mol. The second kappa shape index (κ2) is 9.12. The van der Waals surface area contributed by atoms with Gasteiger partial charge in [0, 0.05) is 49.6 Å². The molecule has 0 spiro atoms. The summed E-state index contributed by atoms with van der Waals surface area (Å²) in [6.45, 7) is 12.6. The molecule has 0 aromatic heterocycles. The Bertz CT molecular complexity index is 1010. The molecule has 1 unspecified atom stereocenters. The molecule has 2 fully saturated rings. The number of methoxy groups -OCH3 is 1. The van der Waals surface area contributed by atoms with Crippen LogP contribution in [0.25, 0.3) is 0 Å². The number of guanidine groups is 1. The molecule has 0 bridgehead atoms. The van der Waals surface area contributed by atoms with Gasteiger partial charge in [0.25, 0.3) is 0 Å². The Morgan fingerprint density at radius 1 is 1.29 bits per heavy atom. The standard InChI is InChI=1S/C27H40N4O4/c1-15-10-19-20(13-27(5,6)35-22(19)11-16(15)2)29-24(33)18-12-17(18)21(8-9-34-7)31-23(32)14-26(3,4)30-25(31)28/h10-11,17-18,20-21H,8-9,12-14H2,1-7H3,(H2,28,30)(H,29,33)/t17?,18-,20-,21-/m1/s1. The van der Waals surface area contributed by atoms with Crippen LogP contribution in [0, 0.1) is 31.1 Å². The molecule has 1 aromatic carbocycles. The van der Waals surface area contributed by atoms with Gasteiger partial charge in [0.1, 0.15) is 11.4 Å². The lowest BCUT2D eigenvalue weighted by Crippen LogP contribution is -2.63. The first-order valence-corrected chi connectivity index (χ1v) is 12.6. The first-order valence-electron chi connectivity index (χ1n) is 12.6. The maximum Gasteiger partial charge on any atom is 0.231 e. The molecule has 1 saturated carbocycles. The topological polar surface area (TPSA) is 104 Å². The fourth-order valence-corrected chi connectivity index (χ4v) is 5.60. The first kappa shape index (κ1) is 25.5. The highest BCUT2D eigenvalue weighted by atomic mass is 16.5. The van der Waals surface area contributed by atoms with Crippen molar-refractivity contribution in [1.82, 2.24) is 15.5 Å². The summed E-state index contributed by atoms with van der Waals surface area (Å²) in [6, 6.07) is 3.82. The van der Waals surface area contributed by atoms with Crippen molar-refractivity contribution in [1.29, 1.82) is 5.41 Å². The van der Waals surface area contributed by atoms with E-state index in [4.69, 9.17) is 14.9 Å². The van der Waals surface area contributed by atoms with E-state index in [0.29, 0.717) is 32.3 Å². The normalized spacial score (nSPS) is 27.4. The molecule has 2 amide bonds. The lowest BCUT2D eigenvalue weighted by atomic mass is 9.88. The first-order chi connectivity index (χ1) is 16.3. The van der Waals surface area contributed by atoms with E-state index in [0.717, 1.165) is 11.3 Å². The van der Waals surface area contributed by atoms with Gasteiger partial charge in [0.2, 0.25) is 11.8 Å². The fourth-order valence-electron chi connectivity index (χ4n) is 5.60. The van der Waals surface area contributed by atoms with Crippen molar-refractivity contribution in [2.45, 2.75) is 90.4 Å². The Balaban J connectivity index is 1.50. The predicted molar refractivity (Wildman–Crippen MR) is 134 cm³/mol. The maximum absolute atomic E-state index is 13.4. The number of carbonyl (C=O) groups excluding carboxylic acids is 2. The Kier molecular flexibility index (Phi) is 6.64. The van der Waals surface area contributed by atoms with Crippen molar-refractivity contribution in [3.8, 4) is 5.75 Å². The van der Waals surface area contributed by atoms with Gasteiger partial charge >= 0.3 is 0 Å². The molecule has 3 aliphatic rings. The van der Waals surface area contributed by atoms with Crippen LogP contribution in [-0.2, 0) is 14.3 Å². The minimum Gasteiger partial charge on any atom is -0.487 e. The summed E-state index contributed by atoms with van der Waals surface area (Å²) >= 11 is 0. The summed E-state index contributed by atoms with van der Waals surface area (Å²) in [7, 11) is 1.63. The third-order valence-electron chi connectivity index (χ3n) is 7.58. The van der Waals surface area contributed by atoms with Crippen LogP contribution in [0.5, 0.6) is 5.75 Å². The zero-order chi connectivity index (χ0) is 25.7. The molecular weight excluding hydrogens is 444 g/mol. The molecule has 3 N–H and O–H groups in total. The average molecular weight is 485 g/mol. The SMILES string of the molecule is COCC[C@H](C1C[C@H]1C(=O)N[C@@H]1CC(C)(C)Oc2cc(C)c(C)cc21)N1C(=N)NC(C)(C)CC1=O. The number of hydrogen-bond donors (Lipinski definition) is 3. The molecular formula is C27H40N4O4. The highest BCUT2D eigenvalue weighted by Crippen LogP contribution is 2.47. The summed E-state index contributed by atoms with van der Waals surface area (Å²) in [5.41, 5.74) is 2.53. The number of benzene rings is 1. The fraction of sp³-hybridized carbons (Fsp3) is 0.667. The van der Waals surface area contributed by atoms with E-state index in [-0.39, 0.29) is 47.3 Å². The lowest BCUT2D eigenvalue weighted by molar-refractivity contribution is -0.133. The third kappa shape index (κ3) is 5.32. The minimum atomic E-state index is -0.448. The number of ether oxygens (including phenoxy) is 2. The smallest absolute Gasteiger partial charge is 0.231 e. The van der Waals surface area contributed by atoms with Crippen molar-refractivity contribution < 1.29 is 19.1 Å². The minimum absolute atomic E-state index is 0.00420. The number of amides is 2. The molecule has 8 heteroatoms. The van der Waals surface area contributed by atoms with E-state index in [1.807, 2.05) is 27.7 Å². The Morgan fingerprint density at radius 3 is 2.63 bits per heavy atom. The van der Waals surface area contributed by atoms with Crippen molar-refractivity contribution in [3.63, 3.8) is 0 Å². The average Bonchev–Trinajstić information content (AvgIpc) is 3.51. The van der Waals surface area contributed by atoms with E-state index in [9.17, 15) is 9.59 Å². The molecule has 2 aliphatic heterocycles. The summed E-state index contributed by atoms with van der Waals surface area (Å²) in [5, 5.41) is 14.9.